The predicted octanol–water partition coefficient (Wildman–Crippen LogP) is 9.98. The SMILES string of the molecule is CCCCCCCCCCCCCCCCCCc1ccccc1Oc1ccccc1C(=O)O. The molecule has 0 aromatic heterocycles. The molecule has 0 saturated carbocycles. The fraction of sp³-hybridized carbons (Fsp3) is 0.581. The van der Waals surface area contributed by atoms with Crippen LogP contribution in [-0.4, -0.2) is 11.1 Å². The van der Waals surface area contributed by atoms with Crippen molar-refractivity contribution in [1.82, 2.24) is 0 Å². The van der Waals surface area contributed by atoms with Crippen molar-refractivity contribution < 1.29 is 14.6 Å². The minimum Gasteiger partial charge on any atom is -0.478 e. The quantitative estimate of drug-likeness (QED) is 0.197. The number of hydrogen-bond acceptors (Lipinski definition) is 2. The summed E-state index contributed by atoms with van der Waals surface area (Å²) in [6, 6.07) is 14.8. The summed E-state index contributed by atoms with van der Waals surface area (Å²) in [6.07, 6.45) is 22.9. The molecule has 3 nitrogen and oxygen atoms in total. The third-order valence-electron chi connectivity index (χ3n) is 6.61. The highest BCUT2D eigenvalue weighted by atomic mass is 16.5. The summed E-state index contributed by atoms with van der Waals surface area (Å²) in [7, 11) is 0. The molecule has 0 aliphatic rings. The van der Waals surface area contributed by atoms with Crippen LogP contribution in [0.25, 0.3) is 0 Å². The number of rotatable bonds is 20. The third kappa shape index (κ3) is 11.7. The Labute approximate surface area is 207 Å². The van der Waals surface area contributed by atoms with Crippen LogP contribution in [0.5, 0.6) is 11.5 Å². The van der Waals surface area contributed by atoms with Gasteiger partial charge < -0.3 is 9.84 Å². The van der Waals surface area contributed by atoms with Gasteiger partial charge >= 0.3 is 5.97 Å². The second kappa shape index (κ2) is 18.1. The van der Waals surface area contributed by atoms with Crippen molar-refractivity contribution in [2.75, 3.05) is 0 Å². The molecule has 0 fully saturated rings. The molecule has 0 unspecified atom stereocenters. The average molecular weight is 467 g/mol. The third-order valence-corrected chi connectivity index (χ3v) is 6.61. The van der Waals surface area contributed by atoms with Gasteiger partial charge in [0.25, 0.3) is 0 Å². The number of aryl methyl sites for hydroxylation is 1. The number of aromatic carboxylic acids is 1. The van der Waals surface area contributed by atoms with Crippen LogP contribution in [0.4, 0.5) is 0 Å². The molecule has 34 heavy (non-hydrogen) atoms. The highest BCUT2D eigenvalue weighted by Gasteiger charge is 2.12. The van der Waals surface area contributed by atoms with Gasteiger partial charge in [0, 0.05) is 0 Å². The van der Waals surface area contributed by atoms with E-state index in [0.717, 1.165) is 24.2 Å². The molecule has 3 heteroatoms. The molecule has 2 aromatic rings. The van der Waals surface area contributed by atoms with Crippen molar-refractivity contribution in [2.45, 2.75) is 116 Å². The monoisotopic (exact) mass is 466 g/mol. The van der Waals surface area contributed by atoms with E-state index in [1.807, 2.05) is 18.2 Å². The first-order chi connectivity index (χ1) is 16.7. The molecule has 0 spiro atoms. The lowest BCUT2D eigenvalue weighted by Crippen LogP contribution is -2.00. The summed E-state index contributed by atoms with van der Waals surface area (Å²) in [5, 5.41) is 9.39. The van der Waals surface area contributed by atoms with Crippen LogP contribution >= 0.6 is 0 Å². The Hall–Kier alpha value is -2.29. The van der Waals surface area contributed by atoms with Crippen molar-refractivity contribution in [2.24, 2.45) is 0 Å². The summed E-state index contributed by atoms with van der Waals surface area (Å²) in [5.74, 6) is 0.192. The summed E-state index contributed by atoms with van der Waals surface area (Å²) in [6.45, 7) is 2.28. The average Bonchev–Trinajstić information content (AvgIpc) is 2.85. The zero-order chi connectivity index (χ0) is 24.3. The zero-order valence-corrected chi connectivity index (χ0v) is 21.4. The van der Waals surface area contributed by atoms with Crippen LogP contribution in [0.2, 0.25) is 0 Å². The van der Waals surface area contributed by atoms with Crippen molar-refractivity contribution in [3.63, 3.8) is 0 Å². The number of carbonyl (C=O) groups is 1. The first kappa shape index (κ1) is 28.0. The highest BCUT2D eigenvalue weighted by molar-refractivity contribution is 5.90. The van der Waals surface area contributed by atoms with Gasteiger partial charge in [-0.1, -0.05) is 134 Å². The Morgan fingerprint density at radius 1 is 0.618 bits per heavy atom. The number of para-hydroxylation sites is 2. The van der Waals surface area contributed by atoms with Crippen molar-refractivity contribution >= 4 is 5.97 Å². The molecule has 0 amide bonds. The number of carboxylic acid groups (broad SMARTS) is 1. The molecule has 1 N–H and O–H groups in total. The van der Waals surface area contributed by atoms with Crippen LogP contribution in [-0.2, 0) is 6.42 Å². The molecule has 0 atom stereocenters. The predicted molar refractivity (Wildman–Crippen MR) is 143 cm³/mol. The van der Waals surface area contributed by atoms with E-state index in [1.165, 1.54) is 96.3 Å². The fourth-order valence-electron chi connectivity index (χ4n) is 4.52. The van der Waals surface area contributed by atoms with Gasteiger partial charge in [-0.25, -0.2) is 4.79 Å². The lowest BCUT2D eigenvalue weighted by atomic mass is 10.0. The molecule has 0 aliphatic carbocycles. The van der Waals surface area contributed by atoms with E-state index in [2.05, 4.69) is 13.0 Å². The number of carboxylic acids is 1. The van der Waals surface area contributed by atoms with E-state index in [4.69, 9.17) is 4.74 Å². The van der Waals surface area contributed by atoms with Crippen LogP contribution < -0.4 is 4.74 Å². The van der Waals surface area contributed by atoms with Gasteiger partial charge in [0.15, 0.2) is 0 Å². The molecule has 2 rings (SSSR count). The topological polar surface area (TPSA) is 46.5 Å². The molecule has 2 aromatic carbocycles. The highest BCUT2D eigenvalue weighted by Crippen LogP contribution is 2.29. The van der Waals surface area contributed by atoms with Crippen molar-refractivity contribution in [1.29, 1.82) is 0 Å². The zero-order valence-electron chi connectivity index (χ0n) is 21.4. The van der Waals surface area contributed by atoms with E-state index >= 15 is 0 Å². The van der Waals surface area contributed by atoms with Gasteiger partial charge in [-0.3, -0.25) is 0 Å². The second-order valence-corrected chi connectivity index (χ2v) is 9.56. The molecular weight excluding hydrogens is 420 g/mol. The number of ether oxygens (including phenoxy) is 1. The minimum absolute atomic E-state index is 0.194. The maximum Gasteiger partial charge on any atom is 0.339 e. The molecule has 0 bridgehead atoms. The largest absolute Gasteiger partial charge is 0.478 e. The van der Waals surface area contributed by atoms with E-state index in [0.29, 0.717) is 5.75 Å². The van der Waals surface area contributed by atoms with Gasteiger partial charge in [-0.15, -0.1) is 0 Å². The van der Waals surface area contributed by atoms with Crippen LogP contribution in [0.1, 0.15) is 126 Å². The summed E-state index contributed by atoms with van der Waals surface area (Å²) < 4.78 is 6.00. The Kier molecular flexibility index (Phi) is 14.9. The van der Waals surface area contributed by atoms with E-state index < -0.39 is 5.97 Å². The van der Waals surface area contributed by atoms with E-state index in [-0.39, 0.29) is 5.56 Å². The van der Waals surface area contributed by atoms with Crippen molar-refractivity contribution in [3.8, 4) is 11.5 Å². The first-order valence-electron chi connectivity index (χ1n) is 13.8. The van der Waals surface area contributed by atoms with Gasteiger partial charge in [0.05, 0.1) is 0 Å². The molecular formula is C31H46O3. The maximum absolute atomic E-state index is 11.5. The van der Waals surface area contributed by atoms with Gasteiger partial charge in [0.2, 0.25) is 0 Å². The van der Waals surface area contributed by atoms with Gasteiger partial charge in [-0.05, 0) is 36.6 Å². The Morgan fingerprint density at radius 3 is 1.59 bits per heavy atom. The van der Waals surface area contributed by atoms with E-state index in [9.17, 15) is 9.90 Å². The lowest BCUT2D eigenvalue weighted by Gasteiger charge is -2.13. The van der Waals surface area contributed by atoms with Crippen LogP contribution in [0, 0.1) is 0 Å². The fourth-order valence-corrected chi connectivity index (χ4v) is 4.52. The molecule has 0 saturated heterocycles. The minimum atomic E-state index is -0.967. The molecule has 0 radical (unpaired) electrons. The Morgan fingerprint density at radius 2 is 1.06 bits per heavy atom. The normalized spacial score (nSPS) is 11.0. The summed E-state index contributed by atoms with van der Waals surface area (Å²) >= 11 is 0. The number of unbranched alkanes of at least 4 members (excludes halogenated alkanes) is 15. The number of benzene rings is 2. The first-order valence-corrected chi connectivity index (χ1v) is 13.8. The van der Waals surface area contributed by atoms with Gasteiger partial charge in [0.1, 0.15) is 17.1 Å². The lowest BCUT2D eigenvalue weighted by molar-refractivity contribution is 0.0694. The second-order valence-electron chi connectivity index (χ2n) is 9.56. The molecule has 0 heterocycles. The van der Waals surface area contributed by atoms with E-state index in [1.54, 1.807) is 24.3 Å². The summed E-state index contributed by atoms with van der Waals surface area (Å²) in [4.78, 5) is 11.5. The molecule has 188 valence electrons. The Bertz CT molecular complexity index is 799. The summed E-state index contributed by atoms with van der Waals surface area (Å²) in [5.41, 5.74) is 1.34. The standard InChI is InChI=1S/C31H46O3/c1-2-3-4-5-6-7-8-9-10-11-12-13-14-15-16-17-22-27-23-18-20-25-29(27)34-30-26-21-19-24-28(30)31(32)33/h18-21,23-26H,2-17,22H2,1H3,(H,32,33). The number of hydrogen-bond donors (Lipinski definition) is 1. The molecule has 0 aliphatic heterocycles. The Balaban J connectivity index is 1.53. The van der Waals surface area contributed by atoms with Crippen LogP contribution in [0.3, 0.4) is 0 Å². The van der Waals surface area contributed by atoms with Crippen molar-refractivity contribution in [3.05, 3.63) is 59.7 Å². The maximum atomic E-state index is 11.5. The van der Waals surface area contributed by atoms with Gasteiger partial charge in [-0.2, -0.15) is 0 Å². The smallest absolute Gasteiger partial charge is 0.339 e. The van der Waals surface area contributed by atoms with Crippen LogP contribution in [0.15, 0.2) is 48.5 Å².